The lowest BCUT2D eigenvalue weighted by Crippen LogP contribution is -2.47. The quantitative estimate of drug-likeness (QED) is 0.736. The van der Waals surface area contributed by atoms with Gasteiger partial charge in [0.05, 0.1) is 13.2 Å². The fourth-order valence-corrected chi connectivity index (χ4v) is 2.06. The summed E-state index contributed by atoms with van der Waals surface area (Å²) in [6.45, 7) is 6.06. The number of nitrogens with zero attached hydrogens (tertiary/aromatic N) is 3. The van der Waals surface area contributed by atoms with E-state index in [4.69, 9.17) is 10.5 Å². The molecule has 1 aromatic rings. The van der Waals surface area contributed by atoms with Crippen molar-refractivity contribution in [3.8, 4) is 0 Å². The molecule has 1 atom stereocenters. The number of hydrogen-bond donors (Lipinski definition) is 2. The number of nitrogens with one attached hydrogen (secondary N) is 1. The highest BCUT2D eigenvalue weighted by atomic mass is 16.5. The van der Waals surface area contributed by atoms with Gasteiger partial charge in [-0.3, -0.25) is 9.69 Å². The van der Waals surface area contributed by atoms with Crippen LogP contribution in [0, 0.1) is 0 Å². The number of hydrogen-bond acceptors (Lipinski definition) is 6. The van der Waals surface area contributed by atoms with E-state index in [1.165, 1.54) is 6.08 Å². The summed E-state index contributed by atoms with van der Waals surface area (Å²) in [5.74, 6) is 0.0860. The summed E-state index contributed by atoms with van der Waals surface area (Å²) in [7, 11) is 0. The Hall–Kier alpha value is -1.99. The summed E-state index contributed by atoms with van der Waals surface area (Å²) in [5.41, 5.74) is 6.13. The van der Waals surface area contributed by atoms with E-state index >= 15 is 0 Å². The molecule has 0 aromatic carbocycles. The van der Waals surface area contributed by atoms with E-state index < -0.39 is 0 Å². The van der Waals surface area contributed by atoms with Crippen molar-refractivity contribution in [2.45, 2.75) is 13.0 Å². The van der Waals surface area contributed by atoms with Crippen LogP contribution in [0.5, 0.6) is 0 Å². The van der Waals surface area contributed by atoms with Gasteiger partial charge in [0, 0.05) is 49.7 Å². The van der Waals surface area contributed by atoms with Gasteiger partial charge in [0.25, 0.3) is 0 Å². The summed E-state index contributed by atoms with van der Waals surface area (Å²) < 4.78 is 5.31. The number of anilines is 1. The Labute approximate surface area is 124 Å². The third-order valence-corrected chi connectivity index (χ3v) is 3.36. The Bertz CT molecular complexity index is 483. The van der Waals surface area contributed by atoms with Crippen LogP contribution in [-0.4, -0.2) is 59.7 Å². The van der Waals surface area contributed by atoms with Crippen LogP contribution in [0.15, 0.2) is 18.5 Å². The van der Waals surface area contributed by atoms with E-state index in [-0.39, 0.29) is 11.9 Å². The van der Waals surface area contributed by atoms with E-state index in [1.54, 1.807) is 18.5 Å². The first-order valence-electron chi connectivity index (χ1n) is 7.00. The molecule has 2 rings (SSSR count). The fourth-order valence-electron chi connectivity index (χ4n) is 2.06. The van der Waals surface area contributed by atoms with Crippen LogP contribution in [0.25, 0.3) is 6.08 Å². The van der Waals surface area contributed by atoms with Gasteiger partial charge in [0.1, 0.15) is 0 Å². The zero-order chi connectivity index (χ0) is 15.1. The van der Waals surface area contributed by atoms with Gasteiger partial charge < -0.3 is 15.8 Å². The van der Waals surface area contributed by atoms with Gasteiger partial charge in [-0.15, -0.1) is 0 Å². The molecule has 1 fully saturated rings. The Morgan fingerprint density at radius 3 is 2.81 bits per heavy atom. The molecule has 1 aliphatic heterocycles. The van der Waals surface area contributed by atoms with Gasteiger partial charge in [0.15, 0.2) is 0 Å². The highest BCUT2D eigenvalue weighted by molar-refractivity contribution is 5.91. The maximum atomic E-state index is 11.8. The molecule has 0 aliphatic carbocycles. The van der Waals surface area contributed by atoms with Gasteiger partial charge in [-0.2, -0.15) is 0 Å². The van der Waals surface area contributed by atoms with Crippen molar-refractivity contribution in [3.05, 3.63) is 24.0 Å². The first-order valence-corrected chi connectivity index (χ1v) is 7.00. The van der Waals surface area contributed by atoms with Crippen LogP contribution < -0.4 is 11.1 Å². The minimum absolute atomic E-state index is 0.132. The molecule has 0 spiro atoms. The average Bonchev–Trinajstić information content (AvgIpc) is 2.53. The Morgan fingerprint density at radius 2 is 2.14 bits per heavy atom. The molecule has 7 heteroatoms. The van der Waals surface area contributed by atoms with Crippen molar-refractivity contribution in [2.24, 2.45) is 0 Å². The third kappa shape index (κ3) is 5.13. The molecular weight excluding hydrogens is 270 g/mol. The maximum Gasteiger partial charge on any atom is 0.244 e. The number of rotatable bonds is 5. The van der Waals surface area contributed by atoms with Crippen molar-refractivity contribution in [3.63, 3.8) is 0 Å². The second kappa shape index (κ2) is 7.70. The molecule has 1 aromatic heterocycles. The van der Waals surface area contributed by atoms with Crippen molar-refractivity contribution in [1.29, 1.82) is 0 Å². The molecule has 0 radical (unpaired) electrons. The Balaban J connectivity index is 1.75. The minimum Gasteiger partial charge on any atom is -0.379 e. The smallest absolute Gasteiger partial charge is 0.244 e. The van der Waals surface area contributed by atoms with E-state index in [0.717, 1.165) is 31.9 Å². The Kier molecular flexibility index (Phi) is 5.65. The Morgan fingerprint density at radius 1 is 1.48 bits per heavy atom. The molecule has 21 heavy (non-hydrogen) atoms. The van der Waals surface area contributed by atoms with Crippen molar-refractivity contribution >= 4 is 17.9 Å². The summed E-state index contributed by atoms with van der Waals surface area (Å²) >= 11 is 0. The third-order valence-electron chi connectivity index (χ3n) is 3.36. The number of amides is 1. The molecule has 1 saturated heterocycles. The van der Waals surface area contributed by atoms with Crippen molar-refractivity contribution in [1.82, 2.24) is 20.2 Å². The molecule has 0 saturated carbocycles. The van der Waals surface area contributed by atoms with Gasteiger partial charge in [-0.25, -0.2) is 9.97 Å². The van der Waals surface area contributed by atoms with E-state index in [1.807, 2.05) is 0 Å². The molecule has 3 N–H and O–H groups in total. The molecule has 0 bridgehead atoms. The summed E-state index contributed by atoms with van der Waals surface area (Å²) in [6, 6.07) is 0.297. The van der Waals surface area contributed by atoms with Crippen LogP contribution in [0.1, 0.15) is 12.5 Å². The van der Waals surface area contributed by atoms with Crippen LogP contribution in [-0.2, 0) is 9.53 Å². The molecule has 114 valence electrons. The second-order valence-corrected chi connectivity index (χ2v) is 4.95. The lowest BCUT2D eigenvalue weighted by atomic mass is 10.2. The predicted molar refractivity (Wildman–Crippen MR) is 80.3 cm³/mol. The number of morpholine rings is 1. The van der Waals surface area contributed by atoms with Crippen LogP contribution >= 0.6 is 0 Å². The summed E-state index contributed by atoms with van der Waals surface area (Å²) in [5, 5.41) is 2.89. The van der Waals surface area contributed by atoms with Crippen molar-refractivity contribution in [2.75, 3.05) is 38.6 Å². The maximum absolute atomic E-state index is 11.8. The zero-order valence-corrected chi connectivity index (χ0v) is 12.2. The fraction of sp³-hybridized carbons (Fsp3) is 0.500. The number of nitrogens with two attached hydrogens (primary N) is 1. The number of aromatic nitrogens is 2. The zero-order valence-electron chi connectivity index (χ0n) is 12.2. The first kappa shape index (κ1) is 15.4. The summed E-state index contributed by atoms with van der Waals surface area (Å²) in [4.78, 5) is 21.8. The molecule has 7 nitrogen and oxygen atoms in total. The average molecular weight is 291 g/mol. The van der Waals surface area contributed by atoms with Gasteiger partial charge in [0.2, 0.25) is 11.9 Å². The number of ether oxygens (including phenoxy) is 1. The predicted octanol–water partition coefficient (Wildman–Crippen LogP) is -0.0911. The first-order chi connectivity index (χ1) is 10.1. The molecule has 1 amide bonds. The SMILES string of the molecule is CC(CNC(=O)C=Cc1cnc(N)nc1)N1CCOCC1. The highest BCUT2D eigenvalue weighted by Gasteiger charge is 2.16. The van der Waals surface area contributed by atoms with Crippen molar-refractivity contribution < 1.29 is 9.53 Å². The molecule has 1 aliphatic rings. The van der Waals surface area contributed by atoms with Gasteiger partial charge >= 0.3 is 0 Å². The van der Waals surface area contributed by atoms with Gasteiger partial charge in [-0.1, -0.05) is 0 Å². The van der Waals surface area contributed by atoms with E-state index in [0.29, 0.717) is 12.6 Å². The molecular formula is C14H21N5O2. The second-order valence-electron chi connectivity index (χ2n) is 4.95. The standard InChI is InChI=1S/C14H21N5O2/c1-11(19-4-6-21-7-5-19)8-16-13(20)3-2-12-9-17-14(15)18-10-12/h2-3,9-11H,4-8H2,1H3,(H,16,20)(H2,15,17,18). The highest BCUT2D eigenvalue weighted by Crippen LogP contribution is 2.03. The lowest BCUT2D eigenvalue weighted by molar-refractivity contribution is -0.116. The number of carbonyl (C=O) groups is 1. The number of nitrogen functional groups attached to an aromatic ring is 1. The molecule has 1 unspecified atom stereocenters. The topological polar surface area (TPSA) is 93.4 Å². The largest absolute Gasteiger partial charge is 0.379 e. The van der Waals surface area contributed by atoms with Crippen LogP contribution in [0.2, 0.25) is 0 Å². The summed E-state index contributed by atoms with van der Waals surface area (Å²) in [6.07, 6.45) is 6.28. The monoisotopic (exact) mass is 291 g/mol. The number of carbonyl (C=O) groups excluding carboxylic acids is 1. The minimum atomic E-state index is -0.132. The van der Waals surface area contributed by atoms with Gasteiger partial charge in [-0.05, 0) is 13.0 Å². The molecule has 2 heterocycles. The van der Waals surface area contributed by atoms with Crippen LogP contribution in [0.4, 0.5) is 5.95 Å². The van der Waals surface area contributed by atoms with Crippen LogP contribution in [0.3, 0.4) is 0 Å². The van der Waals surface area contributed by atoms with E-state index in [2.05, 4.69) is 27.1 Å². The van der Waals surface area contributed by atoms with E-state index in [9.17, 15) is 4.79 Å². The normalized spacial score (nSPS) is 17.8. The lowest BCUT2D eigenvalue weighted by Gasteiger charge is -2.32.